The third-order valence-electron chi connectivity index (χ3n) is 7.33. The van der Waals surface area contributed by atoms with Crippen molar-refractivity contribution >= 4 is 41.5 Å². The van der Waals surface area contributed by atoms with Crippen LogP contribution in [-0.4, -0.2) is 29.8 Å². The van der Waals surface area contributed by atoms with Crippen LogP contribution in [0.3, 0.4) is 0 Å². The van der Waals surface area contributed by atoms with Crippen LogP contribution in [0.15, 0.2) is 65.7 Å². The number of halogens is 1. The number of hydrogen-bond donors (Lipinski definition) is 2. The van der Waals surface area contributed by atoms with Crippen LogP contribution in [0.1, 0.15) is 110 Å². The van der Waals surface area contributed by atoms with Gasteiger partial charge in [-0.25, -0.2) is 4.99 Å². The molecule has 3 aromatic carbocycles. The van der Waals surface area contributed by atoms with E-state index in [1.807, 2.05) is 47.7 Å². The highest BCUT2D eigenvalue weighted by atomic mass is 35.5. The first-order chi connectivity index (χ1) is 22.0. The number of allylic oxidation sites excluding steroid dienone is 2. The number of benzene rings is 3. The normalized spacial score (nSPS) is 11.6. The number of hydrazine groups is 1. The predicted molar refractivity (Wildman–Crippen MR) is 205 cm³/mol. The number of amidine groups is 1. The summed E-state index contributed by atoms with van der Waals surface area (Å²) in [7, 11) is 1.82. The minimum atomic E-state index is -0.313. The second kappa shape index (κ2) is 20.8. The van der Waals surface area contributed by atoms with Crippen LogP contribution in [0.4, 0.5) is 5.69 Å². The quantitative estimate of drug-likeness (QED) is 0.0666. The maximum absolute atomic E-state index is 9.95. The molecule has 250 valence electrons. The Labute approximate surface area is 290 Å². The van der Waals surface area contributed by atoms with Gasteiger partial charge in [0.2, 0.25) is 0 Å². The van der Waals surface area contributed by atoms with Crippen molar-refractivity contribution in [3.8, 4) is 22.9 Å². The van der Waals surface area contributed by atoms with Gasteiger partial charge in [-0.1, -0.05) is 117 Å². The molecular weight excluding hydrogens is 608 g/mol. The van der Waals surface area contributed by atoms with Gasteiger partial charge in [0.1, 0.15) is 24.3 Å². The Morgan fingerprint density at radius 2 is 1.63 bits per heavy atom. The molecule has 0 unspecified atom stereocenters. The van der Waals surface area contributed by atoms with E-state index in [0.29, 0.717) is 23.8 Å². The summed E-state index contributed by atoms with van der Waals surface area (Å²) in [5.74, 6) is 1.80. The first-order valence-corrected chi connectivity index (χ1v) is 17.4. The van der Waals surface area contributed by atoms with E-state index < -0.39 is 0 Å². The second-order valence-electron chi connectivity index (χ2n) is 11.0. The van der Waals surface area contributed by atoms with E-state index in [1.54, 1.807) is 4.41 Å². The van der Waals surface area contributed by atoms with Crippen molar-refractivity contribution in [1.29, 1.82) is 5.26 Å². The number of thiol groups is 1. The predicted octanol–water partition coefficient (Wildman–Crippen LogP) is 11.3. The van der Waals surface area contributed by atoms with Gasteiger partial charge in [-0.15, -0.1) is 11.6 Å². The summed E-state index contributed by atoms with van der Waals surface area (Å²) in [6.07, 6.45) is 4.98. The summed E-state index contributed by atoms with van der Waals surface area (Å²) < 4.78 is 7.49. The Bertz CT molecular complexity index is 1470. The van der Waals surface area contributed by atoms with Crippen LogP contribution in [0.2, 0.25) is 0 Å². The lowest BCUT2D eigenvalue weighted by Crippen LogP contribution is -2.30. The summed E-state index contributed by atoms with van der Waals surface area (Å²) in [4.78, 5) is 4.81. The number of nitrogens with one attached hydrogen (secondary N) is 1. The maximum atomic E-state index is 9.95. The molecule has 1 N–H and O–H groups in total. The zero-order chi connectivity index (χ0) is 34.9. The molecule has 0 aliphatic heterocycles. The van der Waals surface area contributed by atoms with Gasteiger partial charge in [-0.05, 0) is 78.3 Å². The van der Waals surface area contributed by atoms with Crippen molar-refractivity contribution in [2.45, 2.75) is 93.9 Å². The number of ether oxygens (including phenoxy) is 1. The zero-order valence-electron chi connectivity index (χ0n) is 29.9. The number of alkyl halides is 1. The minimum Gasteiger partial charge on any atom is -0.491 e. The summed E-state index contributed by atoms with van der Waals surface area (Å²) >= 11 is 10.1. The SMILES string of the molecule is CC.CC.CC/C=C(\C)c1cc(-c2ccc(C(C)(C)c3cc(C#N)c(OCCCl)c(CCC)c3)cc2)ccc1N=C(C)NN(C)S. The van der Waals surface area contributed by atoms with Crippen LogP contribution in [0, 0.1) is 11.3 Å². The zero-order valence-corrected chi connectivity index (χ0v) is 31.5. The Hall–Kier alpha value is -3.24. The van der Waals surface area contributed by atoms with Gasteiger partial charge in [0.05, 0.1) is 17.1 Å². The van der Waals surface area contributed by atoms with Gasteiger partial charge >= 0.3 is 0 Å². The highest BCUT2D eigenvalue weighted by Gasteiger charge is 2.26. The van der Waals surface area contributed by atoms with Crippen molar-refractivity contribution in [3.05, 3.63) is 88.5 Å². The van der Waals surface area contributed by atoms with Crippen molar-refractivity contribution in [1.82, 2.24) is 9.84 Å². The molecule has 0 aromatic heterocycles. The largest absolute Gasteiger partial charge is 0.491 e. The number of rotatable bonds is 12. The van der Waals surface area contributed by atoms with Crippen LogP contribution in [-0.2, 0) is 11.8 Å². The fourth-order valence-electron chi connectivity index (χ4n) is 5.13. The summed E-state index contributed by atoms with van der Waals surface area (Å²) in [6, 6.07) is 21.7. The highest BCUT2D eigenvalue weighted by Crippen LogP contribution is 2.38. The van der Waals surface area contributed by atoms with E-state index >= 15 is 0 Å². The number of hydrogen-bond acceptors (Lipinski definition) is 5. The molecule has 0 radical (unpaired) electrons. The molecule has 0 bridgehead atoms. The van der Waals surface area contributed by atoms with E-state index in [0.717, 1.165) is 58.6 Å². The van der Waals surface area contributed by atoms with Gasteiger partial charge < -0.3 is 4.74 Å². The van der Waals surface area contributed by atoms with Gasteiger partial charge in [-0.3, -0.25) is 5.43 Å². The van der Waals surface area contributed by atoms with E-state index in [4.69, 9.17) is 21.3 Å². The summed E-state index contributed by atoms with van der Waals surface area (Å²) in [5, 5.41) is 9.95. The van der Waals surface area contributed by atoms with E-state index in [1.165, 1.54) is 11.1 Å². The second-order valence-corrected chi connectivity index (χ2v) is 12.0. The fraction of sp³-hybridized carbons (Fsp3) is 0.436. The lowest BCUT2D eigenvalue weighted by Gasteiger charge is -2.28. The monoisotopic (exact) mass is 662 g/mol. The Morgan fingerprint density at radius 1 is 1.00 bits per heavy atom. The standard InChI is InChI=1S/C35H43ClN4OS.2C2H6/c1-8-10-24(3)32-22-27(14-17-33(32)38-25(4)39-40(7)42)26-12-15-30(16-13-26)35(5,6)31-20-28(11-9-2)34(41-19-18-36)29(21-31)23-37;2*1-2/h10,12-17,20-22,42H,8-9,11,18-19H2,1-7H3,(H,38,39);2*1-2H3/b24-10+;;. The van der Waals surface area contributed by atoms with Gasteiger partial charge in [0.25, 0.3) is 0 Å². The van der Waals surface area contributed by atoms with E-state index in [2.05, 4.69) is 114 Å². The molecule has 0 aliphatic carbocycles. The number of nitriles is 1. The topological polar surface area (TPSA) is 60.6 Å². The molecule has 0 saturated heterocycles. The number of aliphatic imine (C=N–C) groups is 1. The van der Waals surface area contributed by atoms with Gasteiger partial charge in [0.15, 0.2) is 0 Å². The minimum absolute atomic E-state index is 0.313. The van der Waals surface area contributed by atoms with Crippen LogP contribution < -0.4 is 10.2 Å². The average molecular weight is 663 g/mol. The first-order valence-electron chi connectivity index (χ1n) is 16.5. The van der Waals surface area contributed by atoms with Crippen LogP contribution in [0.5, 0.6) is 5.75 Å². The fourth-order valence-corrected chi connectivity index (χ4v) is 5.35. The van der Waals surface area contributed by atoms with Crippen molar-refractivity contribution < 1.29 is 4.74 Å². The Balaban J connectivity index is 0.00000254. The molecular formula is C39H55ClN4OS. The highest BCUT2D eigenvalue weighted by molar-refractivity contribution is 7.77. The van der Waals surface area contributed by atoms with Crippen molar-refractivity contribution in [2.75, 3.05) is 19.5 Å². The van der Waals surface area contributed by atoms with Crippen LogP contribution >= 0.6 is 24.4 Å². The molecule has 5 nitrogen and oxygen atoms in total. The number of aryl methyl sites for hydroxylation is 1. The van der Waals surface area contributed by atoms with Gasteiger partial charge in [0, 0.05) is 18.0 Å². The smallest absolute Gasteiger partial charge is 0.140 e. The Morgan fingerprint density at radius 3 is 2.17 bits per heavy atom. The molecule has 0 aliphatic rings. The first kappa shape index (κ1) is 40.8. The molecule has 0 heterocycles. The van der Waals surface area contributed by atoms with E-state index in [-0.39, 0.29) is 5.41 Å². The van der Waals surface area contributed by atoms with Crippen molar-refractivity contribution in [2.24, 2.45) is 4.99 Å². The Kier molecular flexibility index (Phi) is 18.4. The molecule has 0 saturated carbocycles. The lowest BCUT2D eigenvalue weighted by molar-refractivity contribution is 0.337. The third-order valence-corrected chi connectivity index (χ3v) is 7.59. The number of nitrogens with zero attached hydrogens (tertiary/aromatic N) is 3. The maximum Gasteiger partial charge on any atom is 0.140 e. The third kappa shape index (κ3) is 11.2. The average Bonchev–Trinajstić information content (AvgIpc) is 3.05. The molecule has 3 aromatic rings. The summed E-state index contributed by atoms with van der Waals surface area (Å²) in [5.41, 5.74) is 12.1. The molecule has 0 fully saturated rings. The molecule has 7 heteroatoms. The molecule has 0 amide bonds. The molecule has 3 rings (SSSR count). The van der Waals surface area contributed by atoms with Gasteiger partial charge in [-0.2, -0.15) is 9.68 Å². The summed E-state index contributed by atoms with van der Waals surface area (Å²) in [6.45, 7) is 21.1. The van der Waals surface area contributed by atoms with Crippen molar-refractivity contribution in [3.63, 3.8) is 0 Å². The lowest BCUT2D eigenvalue weighted by atomic mass is 9.76. The van der Waals surface area contributed by atoms with Crippen LogP contribution in [0.25, 0.3) is 16.7 Å². The molecule has 0 spiro atoms. The molecule has 0 atom stereocenters. The molecule has 46 heavy (non-hydrogen) atoms. The van der Waals surface area contributed by atoms with E-state index in [9.17, 15) is 5.26 Å².